The zero-order valence-electron chi connectivity index (χ0n) is 16.0. The van der Waals surface area contributed by atoms with Crippen LogP contribution in [-0.4, -0.2) is 17.6 Å². The Morgan fingerprint density at radius 2 is 1.52 bits per heavy atom. The smallest absolute Gasteiger partial charge is 0.407 e. The van der Waals surface area contributed by atoms with Gasteiger partial charge in [-0.3, -0.25) is 4.79 Å². The normalized spacial score (nSPS) is 11.0. The van der Waals surface area contributed by atoms with Crippen LogP contribution < -0.4 is 16.4 Å². The average molecular weight is 369 g/mol. The Hall–Kier alpha value is -2.86. The van der Waals surface area contributed by atoms with Gasteiger partial charge in [0.05, 0.1) is 0 Å². The molecule has 0 heterocycles. The van der Waals surface area contributed by atoms with Crippen LogP contribution in [0.5, 0.6) is 0 Å². The predicted molar refractivity (Wildman–Crippen MR) is 105 cm³/mol. The fourth-order valence-corrected chi connectivity index (χ4v) is 2.41. The Bertz CT molecular complexity index is 780. The Morgan fingerprint density at radius 3 is 2.07 bits per heavy atom. The molecule has 0 aliphatic heterocycles. The number of carbonyl (C=O) groups excluding carboxylic acids is 2. The third-order valence-electron chi connectivity index (χ3n) is 3.73. The van der Waals surface area contributed by atoms with Crippen LogP contribution in [0.4, 0.5) is 4.79 Å². The van der Waals surface area contributed by atoms with Crippen LogP contribution in [0.15, 0.2) is 48.5 Å². The van der Waals surface area contributed by atoms with Crippen molar-refractivity contribution in [2.24, 2.45) is 5.73 Å². The molecule has 27 heavy (non-hydrogen) atoms. The van der Waals surface area contributed by atoms with Crippen LogP contribution in [0.25, 0.3) is 0 Å². The average Bonchev–Trinajstić information content (AvgIpc) is 2.63. The molecule has 0 radical (unpaired) electrons. The largest absolute Gasteiger partial charge is 0.444 e. The third-order valence-corrected chi connectivity index (χ3v) is 3.73. The minimum Gasteiger partial charge on any atom is -0.444 e. The van der Waals surface area contributed by atoms with Gasteiger partial charge >= 0.3 is 6.09 Å². The molecule has 144 valence electrons. The van der Waals surface area contributed by atoms with Crippen molar-refractivity contribution in [1.82, 2.24) is 10.6 Å². The lowest BCUT2D eigenvalue weighted by atomic mass is 10.1. The standard InChI is InChI=1S/C21H27N3O3/c1-21(2,3)27-20(26)24-14-17-6-4-5-16(11-17)13-23-19(25)18-9-7-15(12-22)8-10-18/h4-11H,12-14,22H2,1-3H3,(H,23,25)(H,24,26). The molecule has 0 bridgehead atoms. The van der Waals surface area contributed by atoms with Gasteiger partial charge in [0.2, 0.25) is 0 Å². The lowest BCUT2D eigenvalue weighted by Gasteiger charge is -2.19. The van der Waals surface area contributed by atoms with Gasteiger partial charge in [0.15, 0.2) is 0 Å². The second-order valence-electron chi connectivity index (χ2n) is 7.26. The maximum atomic E-state index is 12.2. The molecule has 2 rings (SSSR count). The van der Waals surface area contributed by atoms with Crippen LogP contribution >= 0.6 is 0 Å². The number of nitrogens with one attached hydrogen (secondary N) is 2. The second kappa shape index (κ2) is 9.19. The fraction of sp³-hybridized carbons (Fsp3) is 0.333. The monoisotopic (exact) mass is 369 g/mol. The number of alkyl carbamates (subject to hydrolysis) is 1. The molecule has 6 heteroatoms. The Balaban J connectivity index is 1.87. The first-order chi connectivity index (χ1) is 12.8. The van der Waals surface area contributed by atoms with Crippen molar-refractivity contribution in [1.29, 1.82) is 0 Å². The molecule has 6 nitrogen and oxygen atoms in total. The molecule has 0 atom stereocenters. The summed E-state index contributed by atoms with van der Waals surface area (Å²) in [7, 11) is 0. The van der Waals surface area contributed by atoms with Crippen LogP contribution in [0, 0.1) is 0 Å². The van der Waals surface area contributed by atoms with Crippen molar-refractivity contribution in [3.8, 4) is 0 Å². The summed E-state index contributed by atoms with van der Waals surface area (Å²) in [6, 6.07) is 14.9. The second-order valence-corrected chi connectivity index (χ2v) is 7.26. The van der Waals surface area contributed by atoms with E-state index in [-0.39, 0.29) is 5.91 Å². The van der Waals surface area contributed by atoms with E-state index >= 15 is 0 Å². The molecule has 0 aliphatic carbocycles. The van der Waals surface area contributed by atoms with Crippen LogP contribution in [0.3, 0.4) is 0 Å². The number of benzene rings is 2. The summed E-state index contributed by atoms with van der Waals surface area (Å²) in [5, 5.41) is 5.62. The van der Waals surface area contributed by atoms with E-state index in [1.54, 1.807) is 12.1 Å². The van der Waals surface area contributed by atoms with E-state index in [2.05, 4.69) is 10.6 Å². The highest BCUT2D eigenvalue weighted by Crippen LogP contribution is 2.09. The molecule has 2 amide bonds. The van der Waals surface area contributed by atoms with Gasteiger partial charge in [0.1, 0.15) is 5.60 Å². The van der Waals surface area contributed by atoms with Crippen molar-refractivity contribution in [2.75, 3.05) is 0 Å². The molecule has 0 saturated heterocycles. The molecular weight excluding hydrogens is 342 g/mol. The molecule has 0 aromatic heterocycles. The summed E-state index contributed by atoms with van der Waals surface area (Å²) < 4.78 is 5.22. The van der Waals surface area contributed by atoms with E-state index in [1.165, 1.54) is 0 Å². The highest BCUT2D eigenvalue weighted by atomic mass is 16.6. The maximum Gasteiger partial charge on any atom is 0.407 e. The van der Waals surface area contributed by atoms with Crippen molar-refractivity contribution >= 4 is 12.0 Å². The molecule has 2 aromatic carbocycles. The van der Waals surface area contributed by atoms with Gasteiger partial charge < -0.3 is 21.1 Å². The number of ether oxygens (including phenoxy) is 1. The maximum absolute atomic E-state index is 12.2. The lowest BCUT2D eigenvalue weighted by molar-refractivity contribution is 0.0523. The summed E-state index contributed by atoms with van der Waals surface area (Å²) in [6.45, 7) is 6.67. The molecule has 0 unspecified atom stereocenters. The van der Waals surface area contributed by atoms with Gasteiger partial charge in [-0.25, -0.2) is 4.79 Å². The third kappa shape index (κ3) is 7.11. The number of nitrogens with two attached hydrogens (primary N) is 1. The summed E-state index contributed by atoms with van der Waals surface area (Å²) in [5.41, 5.74) is 8.49. The topological polar surface area (TPSA) is 93.5 Å². The van der Waals surface area contributed by atoms with Gasteiger partial charge in [0.25, 0.3) is 5.91 Å². The van der Waals surface area contributed by atoms with Gasteiger partial charge in [-0.15, -0.1) is 0 Å². The SMILES string of the molecule is CC(C)(C)OC(=O)NCc1cccc(CNC(=O)c2ccc(CN)cc2)c1. The van der Waals surface area contributed by atoms with E-state index in [0.29, 0.717) is 25.2 Å². The van der Waals surface area contributed by atoms with Crippen molar-refractivity contribution in [3.63, 3.8) is 0 Å². The molecular formula is C21H27N3O3. The van der Waals surface area contributed by atoms with E-state index < -0.39 is 11.7 Å². The molecule has 0 spiro atoms. The van der Waals surface area contributed by atoms with Gasteiger partial charge in [-0.1, -0.05) is 36.4 Å². The van der Waals surface area contributed by atoms with E-state index in [9.17, 15) is 9.59 Å². The van der Waals surface area contributed by atoms with Crippen LogP contribution in [0.2, 0.25) is 0 Å². The van der Waals surface area contributed by atoms with Crippen LogP contribution in [0.1, 0.15) is 47.8 Å². The Morgan fingerprint density at radius 1 is 0.926 bits per heavy atom. The zero-order valence-corrected chi connectivity index (χ0v) is 16.0. The van der Waals surface area contributed by atoms with E-state index in [0.717, 1.165) is 16.7 Å². The first-order valence-corrected chi connectivity index (χ1v) is 8.89. The van der Waals surface area contributed by atoms with Crippen molar-refractivity contribution in [3.05, 3.63) is 70.8 Å². The van der Waals surface area contributed by atoms with Gasteiger partial charge in [-0.05, 0) is 49.6 Å². The molecule has 0 aliphatic rings. The van der Waals surface area contributed by atoms with Crippen molar-refractivity contribution < 1.29 is 14.3 Å². The number of hydrogen-bond acceptors (Lipinski definition) is 4. The highest BCUT2D eigenvalue weighted by molar-refractivity contribution is 5.94. The minimum atomic E-state index is -0.529. The Labute approximate surface area is 160 Å². The summed E-state index contributed by atoms with van der Waals surface area (Å²) in [6.07, 6.45) is -0.456. The van der Waals surface area contributed by atoms with Crippen molar-refractivity contribution in [2.45, 2.75) is 46.0 Å². The molecule has 2 aromatic rings. The van der Waals surface area contributed by atoms with Gasteiger partial charge in [0, 0.05) is 25.2 Å². The number of amides is 2. The summed E-state index contributed by atoms with van der Waals surface area (Å²) in [4.78, 5) is 24.0. The molecule has 0 fully saturated rings. The number of carbonyl (C=O) groups is 2. The lowest BCUT2D eigenvalue weighted by Crippen LogP contribution is -2.32. The zero-order chi connectivity index (χ0) is 19.9. The van der Waals surface area contributed by atoms with E-state index in [1.807, 2.05) is 57.2 Å². The molecule has 4 N–H and O–H groups in total. The summed E-state index contributed by atoms with van der Waals surface area (Å²) in [5.74, 6) is -0.143. The highest BCUT2D eigenvalue weighted by Gasteiger charge is 2.15. The molecule has 0 saturated carbocycles. The fourth-order valence-electron chi connectivity index (χ4n) is 2.41. The van der Waals surface area contributed by atoms with E-state index in [4.69, 9.17) is 10.5 Å². The first-order valence-electron chi connectivity index (χ1n) is 8.89. The minimum absolute atomic E-state index is 0.143. The predicted octanol–water partition coefficient (Wildman–Crippen LogP) is 3.10. The summed E-state index contributed by atoms with van der Waals surface area (Å²) >= 11 is 0. The number of hydrogen-bond donors (Lipinski definition) is 3. The first kappa shape index (κ1) is 20.5. The Kier molecular flexibility index (Phi) is 6.96. The van der Waals surface area contributed by atoms with Gasteiger partial charge in [-0.2, -0.15) is 0 Å². The number of rotatable bonds is 6. The quantitative estimate of drug-likeness (QED) is 0.729. The van der Waals surface area contributed by atoms with Crippen LogP contribution in [-0.2, 0) is 24.4 Å².